The highest BCUT2D eigenvalue weighted by Gasteiger charge is 1.26. The van der Waals surface area contributed by atoms with Gasteiger partial charge in [0.25, 0.3) is 9.10 Å². The molecule has 0 saturated carbocycles. The molecule has 0 spiro atoms. The van der Waals surface area contributed by atoms with Gasteiger partial charge in [0.15, 0.2) is 0 Å². The van der Waals surface area contributed by atoms with Gasteiger partial charge in [-0.15, -0.1) is 0 Å². The second kappa shape index (κ2) is 2.62. The summed E-state index contributed by atoms with van der Waals surface area (Å²) in [5.74, 6) is 0. The van der Waals surface area contributed by atoms with Gasteiger partial charge < -0.3 is 5.21 Å². The highest BCUT2D eigenvalue weighted by atomic mass is 28.2. The minimum Gasteiger partial charge on any atom is -0.411 e. The van der Waals surface area contributed by atoms with Crippen molar-refractivity contribution in [2.75, 3.05) is 0 Å². The maximum atomic E-state index is 7.32. The van der Waals surface area contributed by atoms with Crippen LogP contribution in [0.4, 0.5) is 0 Å². The van der Waals surface area contributed by atoms with Crippen LogP contribution in [0, 0.1) is 5.05 Å². The molecule has 0 aromatic rings. The third-order valence-electron chi connectivity index (χ3n) is 0.0500. The number of hydrogen-bond donors (Lipinski definition) is 2. The summed E-state index contributed by atoms with van der Waals surface area (Å²) >= 11 is 0. The van der Waals surface area contributed by atoms with Crippen molar-refractivity contribution in [1.29, 1.82) is 5.05 Å². The number of nitrogens with one attached hydrogen (secondary N) is 1. The molecule has 0 rings (SSSR count). The molecule has 0 aliphatic carbocycles. The zero-order chi connectivity index (χ0) is 3.41. The topological polar surface area (TPSA) is 56.4 Å². The van der Waals surface area contributed by atoms with Gasteiger partial charge in [-0.2, -0.15) is 0 Å². The van der Waals surface area contributed by atoms with Crippen molar-refractivity contribution >= 4 is 9.10 Å². The molecule has 4 heteroatoms. The molecule has 4 heavy (non-hydrogen) atoms. The lowest BCUT2D eigenvalue weighted by Crippen LogP contribution is -1.42. The Balaban J connectivity index is 3.11. The fourth-order valence-corrected chi connectivity index (χ4v) is 0. The van der Waals surface area contributed by atoms with Crippen LogP contribution in [0.2, 0.25) is 0 Å². The molecule has 0 fully saturated rings. The molecule has 0 amide bonds. The van der Waals surface area contributed by atoms with Gasteiger partial charge in [-0.25, -0.2) is 0 Å². The summed E-state index contributed by atoms with van der Waals surface area (Å²) in [6.07, 6.45) is 0. The lowest BCUT2D eigenvalue weighted by Gasteiger charge is -1.44. The van der Waals surface area contributed by atoms with Crippen molar-refractivity contribution in [3.8, 4) is 0 Å². The molecule has 0 atom stereocenters. The quantitative estimate of drug-likeness (QED) is 0.309. The molecular formula is H2N2OSi. The Kier molecular flexibility index (Phi) is 2.37. The first-order valence-electron chi connectivity index (χ1n) is 0.674. The Morgan fingerprint density at radius 3 is 2.25 bits per heavy atom. The predicted molar refractivity (Wildman–Crippen MR) is 12.7 cm³/mol. The van der Waals surface area contributed by atoms with E-state index in [-0.39, 0.29) is 0 Å². The molecule has 0 aromatic carbocycles. The largest absolute Gasteiger partial charge is 0.411 e. The highest BCUT2D eigenvalue weighted by molar-refractivity contribution is 6.02. The van der Waals surface area contributed by atoms with E-state index in [4.69, 9.17) is 10.3 Å². The van der Waals surface area contributed by atoms with E-state index in [2.05, 4.69) is 4.80 Å². The smallest absolute Gasteiger partial charge is 0.265 e. The highest BCUT2D eigenvalue weighted by Crippen LogP contribution is 1.25. The number of nitrogens with zero attached hydrogens (tertiary/aromatic N) is 1. The van der Waals surface area contributed by atoms with Gasteiger partial charge in [-0.3, -0.25) is 5.05 Å². The predicted octanol–water partition coefficient (Wildman–Crippen LogP) is 0.0258. The van der Waals surface area contributed by atoms with E-state index in [1.54, 1.807) is 0 Å². The van der Waals surface area contributed by atoms with E-state index in [1.807, 2.05) is 0 Å². The van der Waals surface area contributed by atoms with Crippen LogP contribution in [-0.4, -0.2) is 14.3 Å². The molecule has 0 heterocycles. The van der Waals surface area contributed by atoms with Gasteiger partial charge in [-0.05, 0) is 0 Å². The molecule has 0 radical (unpaired) electrons. The summed E-state index contributed by atoms with van der Waals surface area (Å²) in [5, 5.41) is 13.4. The molecule has 2 N–H and O–H groups in total. The van der Waals surface area contributed by atoms with E-state index >= 15 is 0 Å². The van der Waals surface area contributed by atoms with E-state index < -0.39 is 9.10 Å². The Morgan fingerprint density at radius 1 is 2.00 bits per heavy atom. The van der Waals surface area contributed by atoms with Gasteiger partial charge in [0.05, 0.1) is 0 Å². The summed E-state index contributed by atoms with van der Waals surface area (Å²) in [5.41, 5.74) is 0. The van der Waals surface area contributed by atoms with Crippen molar-refractivity contribution in [2.45, 2.75) is 0 Å². The van der Waals surface area contributed by atoms with Crippen LogP contribution in [0.25, 0.3) is 0 Å². The lowest BCUT2D eigenvalue weighted by atomic mass is 13.6. The monoisotopic (exact) mass is 74.0 g/mol. The molecule has 0 saturated heterocycles. The molecular weight excluding hydrogens is 72.1 g/mol. The fourth-order valence-electron chi connectivity index (χ4n) is 0. The second-order valence-corrected chi connectivity index (χ2v) is 0.635. The van der Waals surface area contributed by atoms with Crippen molar-refractivity contribution in [3.63, 3.8) is 0 Å². The Hall–Kier alpha value is -0.383. The fraction of sp³-hybridized carbons (Fsp3) is 0. The summed E-state index contributed by atoms with van der Waals surface area (Å²) in [6.45, 7) is 0. The van der Waals surface area contributed by atoms with Crippen LogP contribution in [0.15, 0.2) is 4.80 Å². The normalized spacial score (nSPS) is 4.00. The molecule has 0 bridgehead atoms. The van der Waals surface area contributed by atoms with E-state index in [9.17, 15) is 0 Å². The van der Waals surface area contributed by atoms with Gasteiger partial charge in [0.1, 0.15) is 0 Å². The summed E-state index contributed by atoms with van der Waals surface area (Å²) in [4.78, 5) is 2.43. The average molecular weight is 74.1 g/mol. The average Bonchev–Trinajstić information content (AvgIpc) is 1.37. The van der Waals surface area contributed by atoms with Gasteiger partial charge in [0.2, 0.25) is 0 Å². The van der Waals surface area contributed by atoms with Crippen molar-refractivity contribution in [1.82, 2.24) is 0 Å². The van der Waals surface area contributed by atoms with Crippen LogP contribution in [-0.2, 0) is 0 Å². The summed E-state index contributed by atoms with van der Waals surface area (Å²) in [6, 6.07) is 0. The first kappa shape index (κ1) is 3.62. The lowest BCUT2D eigenvalue weighted by molar-refractivity contribution is 0.325. The first-order valence-corrected chi connectivity index (χ1v) is 1.62. The molecule has 0 unspecified atom stereocenters. The van der Waals surface area contributed by atoms with Crippen molar-refractivity contribution < 1.29 is 5.21 Å². The van der Waals surface area contributed by atoms with Crippen molar-refractivity contribution in [3.05, 3.63) is 0 Å². The standard InChI is InChI=1S/H2N2OSi/c1-4-2-3/h1,3H. The van der Waals surface area contributed by atoms with Crippen molar-refractivity contribution in [2.24, 2.45) is 4.80 Å². The molecule has 3 nitrogen and oxygen atoms in total. The number of hydrogen-bond acceptors (Lipinski definition) is 3. The third kappa shape index (κ3) is 1.62. The van der Waals surface area contributed by atoms with Crippen LogP contribution < -0.4 is 0 Å². The third-order valence-corrected chi connectivity index (χ3v) is 0.150. The molecule has 0 aromatic heterocycles. The molecule has 0 aliphatic rings. The summed E-state index contributed by atoms with van der Waals surface area (Å²) < 4.78 is 0. The number of rotatable bonds is 0. The van der Waals surface area contributed by atoms with Gasteiger partial charge in [-0.1, -0.05) is 4.80 Å². The van der Waals surface area contributed by atoms with Crippen LogP contribution in [0.5, 0.6) is 0 Å². The van der Waals surface area contributed by atoms with E-state index in [1.165, 1.54) is 0 Å². The minimum atomic E-state index is -0.429. The van der Waals surface area contributed by atoms with Crippen LogP contribution in [0.1, 0.15) is 0 Å². The Morgan fingerprint density at radius 2 is 2.25 bits per heavy atom. The SMILES string of the molecule is N=[Si]=NO. The maximum absolute atomic E-state index is 7.32. The zero-order valence-electron chi connectivity index (χ0n) is 1.89. The molecule has 22 valence electrons. The maximum Gasteiger partial charge on any atom is 0.265 e. The van der Waals surface area contributed by atoms with Gasteiger partial charge >= 0.3 is 0 Å². The summed E-state index contributed by atoms with van der Waals surface area (Å²) in [7, 11) is -0.429. The van der Waals surface area contributed by atoms with Gasteiger partial charge in [0, 0.05) is 0 Å². The zero-order valence-corrected chi connectivity index (χ0v) is 2.89. The molecule has 0 aliphatic heterocycles. The first-order chi connectivity index (χ1) is 1.91. The Labute approximate surface area is 25.3 Å². The van der Waals surface area contributed by atoms with Crippen LogP contribution >= 0.6 is 0 Å². The van der Waals surface area contributed by atoms with E-state index in [0.717, 1.165) is 0 Å². The Bertz CT molecular complexity index is 44.0. The van der Waals surface area contributed by atoms with Crippen LogP contribution in [0.3, 0.4) is 0 Å². The second-order valence-electron chi connectivity index (χ2n) is 0.212. The van der Waals surface area contributed by atoms with E-state index in [0.29, 0.717) is 0 Å². The minimum absolute atomic E-state index is 0.429.